The first-order valence-corrected chi connectivity index (χ1v) is 7.45. The molecule has 0 fully saturated rings. The van der Waals surface area contributed by atoms with Crippen molar-refractivity contribution in [1.29, 1.82) is 0 Å². The minimum absolute atomic E-state index is 0.00480. The summed E-state index contributed by atoms with van der Waals surface area (Å²) in [5, 5.41) is 5.97. The van der Waals surface area contributed by atoms with E-state index >= 15 is 0 Å². The van der Waals surface area contributed by atoms with Gasteiger partial charge in [0.25, 0.3) is 0 Å². The smallest absolute Gasteiger partial charge is 0.246 e. The molecule has 9 heteroatoms. The number of nitrogens with two attached hydrogens (primary N) is 1. The molecule has 1 heterocycles. The number of rotatable bonds is 6. The van der Waals surface area contributed by atoms with Crippen LogP contribution in [0.5, 0.6) is 11.5 Å². The Morgan fingerprint density at radius 2 is 2.00 bits per heavy atom. The molecule has 0 radical (unpaired) electrons. The van der Waals surface area contributed by atoms with E-state index in [0.29, 0.717) is 11.5 Å². The number of aromatic nitrogens is 2. The van der Waals surface area contributed by atoms with Crippen LogP contribution in [-0.2, 0) is 16.6 Å². The molecule has 0 aliphatic rings. The van der Waals surface area contributed by atoms with Gasteiger partial charge in [-0.25, -0.2) is 13.1 Å². The topological polar surface area (TPSA) is 119 Å². The van der Waals surface area contributed by atoms with Gasteiger partial charge >= 0.3 is 0 Å². The number of sulfonamides is 1. The molecular formula is C12H16N4O4S. The van der Waals surface area contributed by atoms with Gasteiger partial charge in [0.2, 0.25) is 10.0 Å². The number of benzene rings is 1. The molecular weight excluding hydrogens is 296 g/mol. The summed E-state index contributed by atoms with van der Waals surface area (Å²) in [5.74, 6) is 1.09. The van der Waals surface area contributed by atoms with Gasteiger partial charge in [0.05, 0.1) is 20.4 Å². The Balaban J connectivity index is 2.15. The van der Waals surface area contributed by atoms with E-state index in [4.69, 9.17) is 15.2 Å². The maximum absolute atomic E-state index is 12.1. The molecule has 0 unspecified atom stereocenters. The van der Waals surface area contributed by atoms with Crippen LogP contribution in [0.25, 0.3) is 0 Å². The van der Waals surface area contributed by atoms with Crippen molar-refractivity contribution < 1.29 is 17.9 Å². The third-order valence-corrected chi connectivity index (χ3v) is 4.26. The van der Waals surface area contributed by atoms with Crippen molar-refractivity contribution in [3.05, 3.63) is 30.0 Å². The fourth-order valence-electron chi connectivity index (χ4n) is 1.75. The maximum atomic E-state index is 12.1. The van der Waals surface area contributed by atoms with Crippen molar-refractivity contribution >= 4 is 15.8 Å². The predicted molar refractivity (Wildman–Crippen MR) is 76.6 cm³/mol. The van der Waals surface area contributed by atoms with Gasteiger partial charge in [0, 0.05) is 6.54 Å². The number of nitrogens with one attached hydrogen (secondary N) is 2. The third-order valence-electron chi connectivity index (χ3n) is 2.84. The van der Waals surface area contributed by atoms with Gasteiger partial charge in [-0.2, -0.15) is 5.10 Å². The molecule has 1 aromatic carbocycles. The molecule has 0 spiro atoms. The second-order valence-corrected chi connectivity index (χ2v) is 5.90. The van der Waals surface area contributed by atoms with Crippen molar-refractivity contribution in [3.63, 3.8) is 0 Å². The Labute approximate surface area is 122 Å². The van der Waals surface area contributed by atoms with E-state index in [9.17, 15) is 8.42 Å². The predicted octanol–water partition coefficient (Wildman–Crippen LogP) is 0.488. The minimum atomic E-state index is -3.72. The van der Waals surface area contributed by atoms with E-state index < -0.39 is 10.0 Å². The van der Waals surface area contributed by atoms with E-state index in [1.54, 1.807) is 18.2 Å². The molecule has 2 aromatic rings. The molecule has 4 N–H and O–H groups in total. The number of methoxy groups -OCH3 is 2. The van der Waals surface area contributed by atoms with Gasteiger partial charge in [-0.15, -0.1) is 0 Å². The van der Waals surface area contributed by atoms with Gasteiger partial charge in [0.1, 0.15) is 10.7 Å². The largest absolute Gasteiger partial charge is 0.493 e. The highest BCUT2D eigenvalue weighted by molar-refractivity contribution is 7.89. The molecule has 0 saturated carbocycles. The molecule has 8 nitrogen and oxygen atoms in total. The Morgan fingerprint density at radius 1 is 1.29 bits per heavy atom. The number of aromatic amines is 1. The monoisotopic (exact) mass is 312 g/mol. The number of ether oxygens (including phenoxy) is 2. The second-order valence-electron chi connectivity index (χ2n) is 4.16. The van der Waals surface area contributed by atoms with Gasteiger partial charge in [-0.05, 0) is 17.7 Å². The van der Waals surface area contributed by atoms with Gasteiger partial charge in [-0.1, -0.05) is 6.07 Å². The van der Waals surface area contributed by atoms with Crippen molar-refractivity contribution in [1.82, 2.24) is 14.9 Å². The molecule has 0 aliphatic carbocycles. The highest BCUT2D eigenvalue weighted by Gasteiger charge is 2.19. The Hall–Kier alpha value is -2.26. The number of H-pyrrole nitrogens is 1. The fourth-order valence-corrected chi connectivity index (χ4v) is 2.78. The lowest BCUT2D eigenvalue weighted by Gasteiger charge is -2.10. The number of hydrogen-bond donors (Lipinski definition) is 3. The van der Waals surface area contributed by atoms with Crippen LogP contribution < -0.4 is 19.9 Å². The molecule has 21 heavy (non-hydrogen) atoms. The highest BCUT2D eigenvalue weighted by Crippen LogP contribution is 2.27. The summed E-state index contributed by atoms with van der Waals surface area (Å²) < 4.78 is 36.8. The van der Waals surface area contributed by atoms with Crippen LogP contribution in [-0.4, -0.2) is 32.8 Å². The molecule has 114 valence electrons. The van der Waals surface area contributed by atoms with E-state index in [1.807, 2.05) is 0 Å². The van der Waals surface area contributed by atoms with E-state index in [-0.39, 0.29) is 17.3 Å². The Kier molecular flexibility index (Phi) is 4.34. The van der Waals surface area contributed by atoms with E-state index in [1.165, 1.54) is 14.2 Å². The molecule has 0 atom stereocenters. The minimum Gasteiger partial charge on any atom is -0.493 e. The van der Waals surface area contributed by atoms with Crippen molar-refractivity contribution in [2.45, 2.75) is 11.4 Å². The van der Waals surface area contributed by atoms with Crippen molar-refractivity contribution in [2.75, 3.05) is 20.0 Å². The normalized spacial score (nSPS) is 11.3. The summed E-state index contributed by atoms with van der Waals surface area (Å²) in [6, 6.07) is 5.14. The lowest BCUT2D eigenvalue weighted by molar-refractivity contribution is 0.354. The van der Waals surface area contributed by atoms with Crippen LogP contribution in [0.15, 0.2) is 29.3 Å². The van der Waals surface area contributed by atoms with Crippen LogP contribution in [0, 0.1) is 0 Å². The summed E-state index contributed by atoms with van der Waals surface area (Å²) in [5.41, 5.74) is 6.23. The highest BCUT2D eigenvalue weighted by atomic mass is 32.2. The zero-order valence-electron chi connectivity index (χ0n) is 11.6. The van der Waals surface area contributed by atoms with Gasteiger partial charge in [0.15, 0.2) is 11.5 Å². The SMILES string of the molecule is COc1ccc(CNS(=O)(=O)c2cn[nH]c2N)cc1OC. The van der Waals surface area contributed by atoms with Crippen LogP contribution in [0.3, 0.4) is 0 Å². The first kappa shape index (κ1) is 15.1. The summed E-state index contributed by atoms with van der Waals surface area (Å²) in [6.07, 6.45) is 1.16. The standard InChI is InChI=1S/C12H16N4O4S/c1-19-9-4-3-8(5-10(9)20-2)6-15-21(17,18)11-7-14-16-12(11)13/h3-5,7,15H,6H2,1-2H3,(H3,13,14,16). The van der Waals surface area contributed by atoms with Crippen LogP contribution in [0.4, 0.5) is 5.82 Å². The number of hydrogen-bond acceptors (Lipinski definition) is 6. The average molecular weight is 312 g/mol. The number of nitrogens with zero attached hydrogens (tertiary/aromatic N) is 1. The third kappa shape index (κ3) is 3.26. The lowest BCUT2D eigenvalue weighted by Crippen LogP contribution is -2.23. The second kappa shape index (κ2) is 6.02. The lowest BCUT2D eigenvalue weighted by atomic mass is 10.2. The molecule has 0 aliphatic heterocycles. The summed E-state index contributed by atoms with van der Waals surface area (Å²) in [4.78, 5) is -0.0806. The first-order valence-electron chi connectivity index (χ1n) is 5.97. The Bertz CT molecular complexity index is 727. The van der Waals surface area contributed by atoms with E-state index in [2.05, 4.69) is 14.9 Å². The zero-order valence-corrected chi connectivity index (χ0v) is 12.4. The number of nitrogen functional groups attached to an aromatic ring is 1. The zero-order chi connectivity index (χ0) is 15.5. The first-order chi connectivity index (χ1) is 9.97. The summed E-state index contributed by atoms with van der Waals surface area (Å²) in [7, 11) is -0.680. The maximum Gasteiger partial charge on any atom is 0.246 e. The molecule has 0 saturated heterocycles. The fraction of sp³-hybridized carbons (Fsp3) is 0.250. The summed E-state index contributed by atoms with van der Waals surface area (Å²) in [6.45, 7) is 0.0906. The van der Waals surface area contributed by atoms with Crippen LogP contribution in [0.2, 0.25) is 0 Å². The van der Waals surface area contributed by atoms with Crippen molar-refractivity contribution in [2.24, 2.45) is 0 Å². The van der Waals surface area contributed by atoms with E-state index in [0.717, 1.165) is 11.8 Å². The molecule has 0 amide bonds. The number of anilines is 1. The summed E-state index contributed by atoms with van der Waals surface area (Å²) >= 11 is 0. The quantitative estimate of drug-likeness (QED) is 0.714. The molecule has 0 bridgehead atoms. The average Bonchev–Trinajstić information content (AvgIpc) is 2.92. The van der Waals surface area contributed by atoms with Crippen molar-refractivity contribution in [3.8, 4) is 11.5 Å². The molecule has 2 rings (SSSR count). The van der Waals surface area contributed by atoms with Gasteiger partial charge < -0.3 is 15.2 Å². The van der Waals surface area contributed by atoms with Crippen LogP contribution >= 0.6 is 0 Å². The van der Waals surface area contributed by atoms with Crippen LogP contribution in [0.1, 0.15) is 5.56 Å². The Morgan fingerprint density at radius 3 is 2.57 bits per heavy atom. The molecule has 1 aromatic heterocycles. The van der Waals surface area contributed by atoms with Gasteiger partial charge in [-0.3, -0.25) is 5.10 Å².